The Morgan fingerprint density at radius 1 is 0.912 bits per heavy atom. The van der Waals surface area contributed by atoms with Gasteiger partial charge in [0.05, 0.1) is 23.4 Å². The van der Waals surface area contributed by atoms with Gasteiger partial charge in [0, 0.05) is 23.7 Å². The van der Waals surface area contributed by atoms with Crippen LogP contribution in [-0.4, -0.2) is 21.0 Å². The molecular weight excluding hydrogens is 714 g/mol. The Morgan fingerprint density at radius 2 is 1.56 bits per heavy atom. The predicted octanol–water partition coefficient (Wildman–Crippen LogP) is 14.8. The van der Waals surface area contributed by atoms with Gasteiger partial charge in [-0.2, -0.15) is 5.26 Å². The molecule has 0 aliphatic carbocycles. The number of unbranched alkanes of at least 4 members (excludes halogenated alkanes) is 5. The number of carboxylic acid groups (broad SMARTS) is 1. The Hall–Kier alpha value is -4.77. The number of nitriles is 1. The third-order valence-electron chi connectivity index (χ3n) is 8.72. The van der Waals surface area contributed by atoms with Crippen LogP contribution in [0.15, 0.2) is 83.1 Å². The number of hydrogen-bond acceptors (Lipinski definition) is 6. The van der Waals surface area contributed by atoms with Gasteiger partial charge in [-0.3, -0.25) is 0 Å². The highest BCUT2D eigenvalue weighted by molar-refractivity contribution is 5.87. The fourth-order valence-corrected chi connectivity index (χ4v) is 4.37. The van der Waals surface area contributed by atoms with Crippen LogP contribution in [0.25, 0.3) is 0 Å². The number of aryl methyl sites for hydroxylation is 4. The fraction of sp³-hybridized carbons (Fsp3) is 0.510. The van der Waals surface area contributed by atoms with Crippen molar-refractivity contribution in [2.24, 2.45) is 5.92 Å². The SMILES string of the molecule is C/C=C(\C)CC(C)CC.CCCC.CCCCCC.CCCCc1ncco1.Cc1ccc(C(=O)O)cc1C.Cc1cccc(OCc2ccc(C#N)cc2F)n1. The summed E-state index contributed by atoms with van der Waals surface area (Å²) in [5, 5.41) is 17.2. The third-order valence-corrected chi connectivity index (χ3v) is 8.72. The van der Waals surface area contributed by atoms with E-state index in [1.165, 1.54) is 75.8 Å². The second-order valence-corrected chi connectivity index (χ2v) is 14.0. The van der Waals surface area contributed by atoms with E-state index in [1.807, 2.05) is 45.0 Å². The van der Waals surface area contributed by atoms with E-state index < -0.39 is 11.8 Å². The third kappa shape index (κ3) is 29.2. The van der Waals surface area contributed by atoms with Crippen LogP contribution >= 0.6 is 0 Å². The van der Waals surface area contributed by atoms with Crippen molar-refractivity contribution in [3.05, 3.63) is 124 Å². The van der Waals surface area contributed by atoms with E-state index >= 15 is 0 Å². The first-order valence-electron chi connectivity index (χ1n) is 20.8. The summed E-state index contributed by atoms with van der Waals surface area (Å²) in [6.45, 7) is 25.6. The van der Waals surface area contributed by atoms with Crippen LogP contribution in [0.1, 0.15) is 171 Å². The minimum absolute atomic E-state index is 0.0913. The molecule has 2 aromatic heterocycles. The lowest BCUT2D eigenvalue weighted by atomic mass is 10.00. The zero-order valence-electron chi connectivity index (χ0n) is 37.4. The van der Waals surface area contributed by atoms with Crippen molar-refractivity contribution >= 4 is 5.97 Å². The van der Waals surface area contributed by atoms with E-state index in [9.17, 15) is 9.18 Å². The van der Waals surface area contributed by atoms with Crippen molar-refractivity contribution in [1.29, 1.82) is 5.26 Å². The van der Waals surface area contributed by atoms with Crippen molar-refractivity contribution < 1.29 is 23.4 Å². The number of rotatable bonds is 14. The van der Waals surface area contributed by atoms with E-state index in [0.29, 0.717) is 22.6 Å². The summed E-state index contributed by atoms with van der Waals surface area (Å²) in [7, 11) is 0. The molecule has 0 spiro atoms. The lowest BCUT2D eigenvalue weighted by Gasteiger charge is -2.06. The number of oxazole rings is 1. The Bertz CT molecular complexity index is 1660. The molecule has 1 N–H and O–H groups in total. The zero-order chi connectivity index (χ0) is 43.4. The number of halogens is 1. The molecule has 0 amide bonds. The van der Waals surface area contributed by atoms with Gasteiger partial charge in [-0.05, 0) is 94.8 Å². The molecule has 0 saturated carbocycles. The monoisotopic (exact) mass is 788 g/mol. The minimum atomic E-state index is -0.867. The molecule has 57 heavy (non-hydrogen) atoms. The van der Waals surface area contributed by atoms with E-state index in [4.69, 9.17) is 19.5 Å². The first-order valence-corrected chi connectivity index (χ1v) is 20.8. The highest BCUT2D eigenvalue weighted by Crippen LogP contribution is 2.15. The quantitative estimate of drug-likeness (QED) is 0.100. The molecular formula is C49H74FN3O4. The van der Waals surface area contributed by atoms with Crippen LogP contribution in [0.5, 0.6) is 5.88 Å². The normalized spacial score (nSPS) is 10.5. The molecule has 2 aromatic carbocycles. The summed E-state index contributed by atoms with van der Waals surface area (Å²) in [6, 6.07) is 16.7. The second-order valence-electron chi connectivity index (χ2n) is 14.0. The molecule has 0 aliphatic heterocycles. The van der Waals surface area contributed by atoms with E-state index in [2.05, 4.69) is 78.4 Å². The maximum Gasteiger partial charge on any atom is 0.335 e. The van der Waals surface area contributed by atoms with E-state index in [1.54, 1.807) is 42.8 Å². The molecule has 0 radical (unpaired) electrons. The number of aromatic nitrogens is 2. The molecule has 0 fully saturated rings. The molecule has 1 unspecified atom stereocenters. The zero-order valence-corrected chi connectivity index (χ0v) is 37.4. The van der Waals surface area contributed by atoms with Gasteiger partial charge in [-0.15, -0.1) is 0 Å². The van der Waals surface area contributed by atoms with Gasteiger partial charge in [-0.25, -0.2) is 19.2 Å². The molecule has 1 atom stereocenters. The van der Waals surface area contributed by atoms with E-state index in [-0.39, 0.29) is 6.61 Å². The highest BCUT2D eigenvalue weighted by atomic mass is 19.1. The number of aromatic carboxylic acids is 1. The number of allylic oxidation sites excluding steroid dienone is 2. The Labute approximate surface area is 345 Å². The Balaban J connectivity index is 0. The summed E-state index contributed by atoms with van der Waals surface area (Å²) in [5.41, 5.74) is 5.55. The van der Waals surface area contributed by atoms with Crippen LogP contribution in [-0.2, 0) is 13.0 Å². The summed E-state index contributed by atoms with van der Waals surface area (Å²) >= 11 is 0. The maximum atomic E-state index is 13.6. The summed E-state index contributed by atoms with van der Waals surface area (Å²) < 4.78 is 24.0. The predicted molar refractivity (Wildman–Crippen MR) is 236 cm³/mol. The fourth-order valence-electron chi connectivity index (χ4n) is 4.37. The molecule has 4 rings (SSSR count). The standard InChI is InChI=1S/C14H11FN2O.C9H10O2.C9H18.C7H11NO.C6H14.C4H10/c1-10-3-2-4-14(17-10)18-9-12-6-5-11(8-16)7-13(12)15;1-6-3-4-8(9(10)11)5-7(6)2;1-5-8(3)7-9(4)6-2;1-2-3-4-7-8-5-6-9-7;1-3-5-6-4-2;1-3-4-2/h2-7H,9H2,1H3;3-5H,1-2H3,(H,10,11);5,9H,6-7H2,1-4H3;5-6H,2-4H2,1H3;3-6H2,1-2H3;3-4H2,1-2H3/b;;8-5+;;;. The van der Waals surface area contributed by atoms with Crippen LogP contribution < -0.4 is 4.74 Å². The van der Waals surface area contributed by atoms with Gasteiger partial charge >= 0.3 is 5.97 Å². The van der Waals surface area contributed by atoms with Crippen molar-refractivity contribution in [3.63, 3.8) is 0 Å². The van der Waals surface area contributed by atoms with Gasteiger partial charge in [0.2, 0.25) is 5.88 Å². The topological polar surface area (TPSA) is 109 Å². The summed E-state index contributed by atoms with van der Waals surface area (Å²) in [4.78, 5) is 18.6. The molecule has 4 aromatic rings. The van der Waals surface area contributed by atoms with Crippen LogP contribution in [0.3, 0.4) is 0 Å². The Morgan fingerprint density at radius 3 is 2.02 bits per heavy atom. The largest absolute Gasteiger partial charge is 0.478 e. The van der Waals surface area contributed by atoms with Crippen molar-refractivity contribution in [3.8, 4) is 11.9 Å². The number of benzene rings is 2. The minimum Gasteiger partial charge on any atom is -0.478 e. The average molecular weight is 788 g/mol. The lowest BCUT2D eigenvalue weighted by Crippen LogP contribution is -2.00. The van der Waals surface area contributed by atoms with Crippen molar-refractivity contribution in [1.82, 2.24) is 9.97 Å². The first kappa shape index (κ1) is 54.3. The average Bonchev–Trinajstić information content (AvgIpc) is 3.74. The molecule has 7 nitrogen and oxygen atoms in total. The van der Waals surface area contributed by atoms with Gasteiger partial charge < -0.3 is 14.3 Å². The molecule has 2 heterocycles. The molecule has 0 saturated heterocycles. The van der Waals surface area contributed by atoms with Gasteiger partial charge in [-0.1, -0.05) is 130 Å². The van der Waals surface area contributed by atoms with E-state index in [0.717, 1.165) is 35.1 Å². The first-order chi connectivity index (χ1) is 27.3. The highest BCUT2D eigenvalue weighted by Gasteiger charge is 2.05. The number of pyridine rings is 1. The smallest absolute Gasteiger partial charge is 0.335 e. The lowest BCUT2D eigenvalue weighted by molar-refractivity contribution is 0.0696. The summed E-state index contributed by atoms with van der Waals surface area (Å²) in [6.07, 6.45) is 19.6. The molecule has 0 bridgehead atoms. The molecule has 316 valence electrons. The molecule has 8 heteroatoms. The number of carbonyl (C=O) groups is 1. The van der Waals surface area contributed by atoms with Crippen LogP contribution in [0.2, 0.25) is 0 Å². The van der Waals surface area contributed by atoms with Gasteiger partial charge in [0.1, 0.15) is 18.7 Å². The maximum absolute atomic E-state index is 13.6. The number of nitrogens with zero attached hydrogens (tertiary/aromatic N) is 3. The number of carboxylic acids is 1. The van der Waals surface area contributed by atoms with Crippen molar-refractivity contribution in [2.75, 3.05) is 0 Å². The van der Waals surface area contributed by atoms with Crippen molar-refractivity contribution in [2.45, 2.75) is 160 Å². The van der Waals surface area contributed by atoms with Crippen LogP contribution in [0, 0.1) is 43.8 Å². The van der Waals surface area contributed by atoms with Gasteiger partial charge in [0.25, 0.3) is 0 Å². The summed E-state index contributed by atoms with van der Waals surface area (Å²) in [5.74, 6) is 0.867. The van der Waals surface area contributed by atoms with Crippen LogP contribution in [0.4, 0.5) is 4.39 Å². The number of hydrogen-bond donors (Lipinski definition) is 1. The molecule has 0 aliphatic rings. The Kier molecular flexibility index (Phi) is 34.0. The second kappa shape index (κ2) is 35.6. The van der Waals surface area contributed by atoms with Gasteiger partial charge in [0.15, 0.2) is 5.89 Å². The number of ether oxygens (including phenoxy) is 1.